The van der Waals surface area contributed by atoms with Crippen LogP contribution in [-0.4, -0.2) is 22.4 Å². The zero-order chi connectivity index (χ0) is 18.8. The quantitative estimate of drug-likeness (QED) is 0.732. The van der Waals surface area contributed by atoms with Crippen LogP contribution in [-0.2, 0) is 16.1 Å². The van der Waals surface area contributed by atoms with Gasteiger partial charge in [-0.05, 0) is 37.1 Å². The zero-order valence-electron chi connectivity index (χ0n) is 15.7. The molecule has 3 aromatic rings. The first-order valence-electron chi connectivity index (χ1n) is 9.01. The summed E-state index contributed by atoms with van der Waals surface area (Å²) in [4.78, 5) is 24.0. The lowest BCUT2D eigenvalue weighted by Gasteiger charge is -2.21. The number of carbonyl (C=O) groups is 2. The molecule has 2 aromatic carbocycles. The fraction of sp³-hybridized carbons (Fsp3) is 0.333. The maximum Gasteiger partial charge on any atom is 0.247 e. The minimum Gasteiger partial charge on any atom is -0.344 e. The molecule has 1 heterocycles. The van der Waals surface area contributed by atoms with Gasteiger partial charge >= 0.3 is 0 Å². The van der Waals surface area contributed by atoms with E-state index >= 15 is 0 Å². The smallest absolute Gasteiger partial charge is 0.247 e. The van der Waals surface area contributed by atoms with E-state index in [-0.39, 0.29) is 17.7 Å². The van der Waals surface area contributed by atoms with Crippen LogP contribution in [0.2, 0.25) is 0 Å². The maximum atomic E-state index is 12.6. The van der Waals surface area contributed by atoms with Gasteiger partial charge in [0.05, 0.1) is 0 Å². The minimum atomic E-state index is -0.555. The molecule has 0 aliphatic carbocycles. The van der Waals surface area contributed by atoms with Gasteiger partial charge in [-0.2, -0.15) is 0 Å². The Balaban J connectivity index is 1.98. The summed E-state index contributed by atoms with van der Waals surface area (Å²) < 4.78 is 2.27. The maximum absolute atomic E-state index is 12.6. The van der Waals surface area contributed by atoms with Gasteiger partial charge in [0.15, 0.2) is 0 Å². The van der Waals surface area contributed by atoms with E-state index in [1.165, 1.54) is 17.8 Å². The van der Waals surface area contributed by atoms with Crippen molar-refractivity contribution in [3.05, 3.63) is 42.5 Å². The monoisotopic (exact) mass is 351 g/mol. The minimum absolute atomic E-state index is 0.00429. The fourth-order valence-corrected chi connectivity index (χ4v) is 3.45. The fourth-order valence-electron chi connectivity index (χ4n) is 3.45. The highest BCUT2D eigenvalue weighted by molar-refractivity contribution is 6.10. The molecule has 26 heavy (non-hydrogen) atoms. The summed E-state index contributed by atoms with van der Waals surface area (Å²) in [6.45, 7) is 8.26. The molecule has 1 atom stereocenters. The highest BCUT2D eigenvalue weighted by atomic mass is 16.2. The van der Waals surface area contributed by atoms with Crippen molar-refractivity contribution in [1.29, 1.82) is 0 Å². The molecule has 0 spiro atoms. The van der Waals surface area contributed by atoms with Crippen LogP contribution in [0.15, 0.2) is 42.5 Å². The van der Waals surface area contributed by atoms with Gasteiger partial charge < -0.3 is 15.2 Å². The average Bonchev–Trinajstić information content (AvgIpc) is 2.92. The molecule has 1 aromatic heterocycles. The van der Waals surface area contributed by atoms with E-state index < -0.39 is 6.04 Å². The predicted molar refractivity (Wildman–Crippen MR) is 106 cm³/mol. The van der Waals surface area contributed by atoms with Gasteiger partial charge in [-0.3, -0.25) is 9.59 Å². The molecule has 0 saturated heterocycles. The summed E-state index contributed by atoms with van der Waals surface area (Å²) >= 11 is 0. The summed E-state index contributed by atoms with van der Waals surface area (Å²) in [6, 6.07) is 13.7. The second-order valence-corrected chi connectivity index (χ2v) is 6.90. The Hall–Kier alpha value is -2.82. The molecule has 0 saturated carbocycles. The van der Waals surface area contributed by atoms with Gasteiger partial charge in [0.2, 0.25) is 11.8 Å². The number of nitrogens with zero attached hydrogens (tertiary/aromatic N) is 1. The molecule has 0 aliphatic rings. The van der Waals surface area contributed by atoms with Crippen LogP contribution in [0.5, 0.6) is 0 Å². The number of amides is 2. The first-order chi connectivity index (χ1) is 12.4. The molecule has 3 rings (SSSR count). The molecule has 5 nitrogen and oxygen atoms in total. The van der Waals surface area contributed by atoms with Crippen LogP contribution < -0.4 is 10.6 Å². The number of aryl methyl sites for hydroxylation is 1. The second-order valence-electron chi connectivity index (χ2n) is 6.90. The van der Waals surface area contributed by atoms with Gasteiger partial charge in [0, 0.05) is 41.0 Å². The van der Waals surface area contributed by atoms with E-state index in [1.807, 2.05) is 44.2 Å². The van der Waals surface area contributed by atoms with Crippen molar-refractivity contribution < 1.29 is 9.59 Å². The average molecular weight is 351 g/mol. The third-order valence-electron chi connectivity index (χ3n) is 4.66. The Kier molecular flexibility index (Phi) is 4.98. The summed E-state index contributed by atoms with van der Waals surface area (Å²) in [7, 11) is 0. The summed E-state index contributed by atoms with van der Waals surface area (Å²) in [5, 5.41) is 7.96. The van der Waals surface area contributed by atoms with Crippen LogP contribution in [0.1, 0.15) is 27.7 Å². The lowest BCUT2D eigenvalue weighted by molar-refractivity contribution is -0.126. The number of nitrogens with one attached hydrogen (secondary N) is 2. The number of hydrogen-bond donors (Lipinski definition) is 2. The van der Waals surface area contributed by atoms with Crippen molar-refractivity contribution in [3.63, 3.8) is 0 Å². The number of fused-ring (bicyclic) bond motifs is 3. The molecular formula is C21H25N3O2. The lowest BCUT2D eigenvalue weighted by Crippen LogP contribution is -2.46. The van der Waals surface area contributed by atoms with E-state index in [9.17, 15) is 9.59 Å². The first-order valence-corrected chi connectivity index (χ1v) is 9.01. The van der Waals surface area contributed by atoms with Crippen LogP contribution in [0.4, 0.5) is 5.69 Å². The van der Waals surface area contributed by atoms with Crippen molar-refractivity contribution in [3.8, 4) is 0 Å². The van der Waals surface area contributed by atoms with Crippen LogP contribution in [0.25, 0.3) is 21.8 Å². The third kappa shape index (κ3) is 3.29. The molecule has 2 amide bonds. The van der Waals surface area contributed by atoms with Crippen LogP contribution in [0, 0.1) is 5.92 Å². The predicted octanol–water partition coefficient (Wildman–Crippen LogP) is 3.91. The standard InChI is InChI=1S/C21H25N3O2/c1-5-24-18-9-7-6-8-16(18)17-12-15(10-11-19(17)24)23-21(26)20(13(2)3)22-14(4)25/h6-13,20H,5H2,1-4H3,(H,22,25)(H,23,26)/t20-/m0/s1. The summed E-state index contributed by atoms with van der Waals surface area (Å²) in [6.07, 6.45) is 0. The van der Waals surface area contributed by atoms with E-state index in [2.05, 4.69) is 34.3 Å². The number of benzene rings is 2. The number of hydrogen-bond acceptors (Lipinski definition) is 2. The van der Waals surface area contributed by atoms with Crippen LogP contribution >= 0.6 is 0 Å². The lowest BCUT2D eigenvalue weighted by atomic mass is 10.0. The number of carbonyl (C=O) groups excluding carboxylic acids is 2. The third-order valence-corrected chi connectivity index (χ3v) is 4.66. The summed E-state index contributed by atoms with van der Waals surface area (Å²) in [5.74, 6) is -0.404. The SMILES string of the molecule is CCn1c2ccccc2c2cc(NC(=O)[C@@H](NC(C)=O)C(C)C)ccc21. The van der Waals surface area contributed by atoms with E-state index in [4.69, 9.17) is 0 Å². The first kappa shape index (κ1) is 18.0. The van der Waals surface area contributed by atoms with Crippen molar-refractivity contribution in [2.24, 2.45) is 5.92 Å². The second kappa shape index (κ2) is 7.20. The van der Waals surface area contributed by atoms with E-state index in [0.29, 0.717) is 0 Å². The van der Waals surface area contributed by atoms with Crippen molar-refractivity contribution in [1.82, 2.24) is 9.88 Å². The molecule has 5 heteroatoms. The number of rotatable bonds is 5. The summed E-state index contributed by atoms with van der Waals surface area (Å²) in [5.41, 5.74) is 3.07. The molecule has 136 valence electrons. The molecule has 0 bridgehead atoms. The van der Waals surface area contributed by atoms with Gasteiger partial charge in [0.1, 0.15) is 6.04 Å². The number of para-hydroxylation sites is 1. The Morgan fingerprint density at radius 2 is 1.73 bits per heavy atom. The molecule has 2 N–H and O–H groups in total. The van der Waals surface area contributed by atoms with Gasteiger partial charge in [-0.25, -0.2) is 0 Å². The Bertz CT molecular complexity index is 972. The molecular weight excluding hydrogens is 326 g/mol. The topological polar surface area (TPSA) is 63.1 Å². The largest absolute Gasteiger partial charge is 0.344 e. The van der Waals surface area contributed by atoms with E-state index in [0.717, 1.165) is 23.1 Å². The normalized spacial score (nSPS) is 12.5. The van der Waals surface area contributed by atoms with Crippen molar-refractivity contribution in [2.45, 2.75) is 40.3 Å². The van der Waals surface area contributed by atoms with Crippen molar-refractivity contribution >= 4 is 39.3 Å². The molecule has 0 fully saturated rings. The molecule has 0 radical (unpaired) electrons. The highest BCUT2D eigenvalue weighted by Crippen LogP contribution is 2.31. The van der Waals surface area contributed by atoms with Gasteiger partial charge in [-0.15, -0.1) is 0 Å². The molecule has 0 unspecified atom stereocenters. The van der Waals surface area contributed by atoms with E-state index in [1.54, 1.807) is 0 Å². The van der Waals surface area contributed by atoms with Crippen LogP contribution in [0.3, 0.4) is 0 Å². The Morgan fingerprint density at radius 1 is 1.04 bits per heavy atom. The zero-order valence-corrected chi connectivity index (χ0v) is 15.7. The van der Waals surface area contributed by atoms with Gasteiger partial charge in [0.25, 0.3) is 0 Å². The Labute approximate surface area is 153 Å². The van der Waals surface area contributed by atoms with Crippen molar-refractivity contribution in [2.75, 3.05) is 5.32 Å². The Morgan fingerprint density at radius 3 is 2.38 bits per heavy atom. The van der Waals surface area contributed by atoms with Gasteiger partial charge in [-0.1, -0.05) is 32.0 Å². The number of anilines is 1. The molecule has 0 aliphatic heterocycles. The number of aromatic nitrogens is 1. The highest BCUT2D eigenvalue weighted by Gasteiger charge is 2.23.